The first kappa shape index (κ1) is 22.5. The van der Waals surface area contributed by atoms with E-state index in [0.29, 0.717) is 35.0 Å². The van der Waals surface area contributed by atoms with Crippen molar-refractivity contribution in [3.8, 4) is 5.75 Å². The molecule has 1 aliphatic heterocycles. The van der Waals surface area contributed by atoms with Crippen LogP contribution in [0.2, 0.25) is 5.02 Å². The number of hydrogen-bond donors (Lipinski definition) is 2. The minimum Gasteiger partial charge on any atom is -0.490 e. The lowest BCUT2D eigenvalue weighted by Crippen LogP contribution is -2.48. The Morgan fingerprint density at radius 2 is 1.97 bits per heavy atom. The second-order valence-corrected chi connectivity index (χ2v) is 10.9. The van der Waals surface area contributed by atoms with Crippen LogP contribution in [0.4, 0.5) is 5.69 Å². The largest absolute Gasteiger partial charge is 0.490 e. The number of benzene rings is 1. The molecule has 33 heavy (non-hydrogen) atoms. The van der Waals surface area contributed by atoms with Crippen LogP contribution < -0.4 is 20.3 Å². The molecule has 2 heterocycles. The van der Waals surface area contributed by atoms with Gasteiger partial charge in [-0.05, 0) is 55.5 Å². The Morgan fingerprint density at radius 3 is 2.76 bits per heavy atom. The number of thiophene rings is 1. The average molecular weight is 488 g/mol. The molecular weight excluding hydrogens is 458 g/mol. The van der Waals surface area contributed by atoms with Crippen LogP contribution in [0.15, 0.2) is 30.3 Å². The Kier molecular flexibility index (Phi) is 6.79. The van der Waals surface area contributed by atoms with Crippen molar-refractivity contribution in [1.29, 1.82) is 0 Å². The summed E-state index contributed by atoms with van der Waals surface area (Å²) in [6.07, 6.45) is 7.56. The van der Waals surface area contributed by atoms with Crippen molar-refractivity contribution in [2.24, 2.45) is 5.92 Å². The third-order valence-electron chi connectivity index (χ3n) is 6.70. The molecule has 2 amide bonds. The minimum atomic E-state index is -0.458. The molecule has 1 aromatic carbocycles. The van der Waals surface area contributed by atoms with Crippen molar-refractivity contribution in [2.45, 2.75) is 63.6 Å². The normalized spacial score (nSPS) is 19.0. The summed E-state index contributed by atoms with van der Waals surface area (Å²) in [6.45, 7) is 2.06. The van der Waals surface area contributed by atoms with Gasteiger partial charge in [0.2, 0.25) is 5.91 Å². The molecule has 6 nitrogen and oxygen atoms in total. The topological polar surface area (TPSA) is 70.7 Å². The Hall–Kier alpha value is -2.25. The zero-order valence-corrected chi connectivity index (χ0v) is 20.2. The standard InChI is InChI=1S/C25H30ClN3O3S/c26-17-5-9-22-21(14-17)29(11-12-32-22)15-19-8-10-23(33-19)25(31)28-20(13-16-3-1-2-4-16)24(30)27-18-6-7-18/h5,8-10,14,16,18,20H,1-4,6-7,11-13,15H2,(H,27,30)(H,28,31)/t20-/m0/s1. The summed E-state index contributed by atoms with van der Waals surface area (Å²) in [6, 6.07) is 9.34. The number of carbonyl (C=O) groups is 2. The van der Waals surface area contributed by atoms with E-state index in [0.717, 1.165) is 55.0 Å². The van der Waals surface area contributed by atoms with Crippen molar-refractivity contribution in [2.75, 3.05) is 18.1 Å². The molecule has 0 radical (unpaired) electrons. The molecule has 1 atom stereocenters. The van der Waals surface area contributed by atoms with Crippen LogP contribution in [-0.4, -0.2) is 37.0 Å². The van der Waals surface area contributed by atoms with E-state index in [9.17, 15) is 9.59 Å². The van der Waals surface area contributed by atoms with Gasteiger partial charge in [0.05, 0.1) is 23.7 Å². The van der Waals surface area contributed by atoms with Gasteiger partial charge in [0.1, 0.15) is 18.4 Å². The number of fused-ring (bicyclic) bond motifs is 1. The summed E-state index contributed by atoms with van der Waals surface area (Å²) in [4.78, 5) is 29.8. The first-order valence-corrected chi connectivity index (χ1v) is 13.1. The maximum absolute atomic E-state index is 13.1. The van der Waals surface area contributed by atoms with E-state index in [1.54, 1.807) is 0 Å². The maximum Gasteiger partial charge on any atom is 0.262 e. The molecule has 2 saturated carbocycles. The number of halogens is 1. The van der Waals surface area contributed by atoms with E-state index in [2.05, 4.69) is 15.5 Å². The first-order chi connectivity index (χ1) is 16.0. The summed E-state index contributed by atoms with van der Waals surface area (Å²) >= 11 is 7.67. The highest BCUT2D eigenvalue weighted by Crippen LogP contribution is 2.35. The van der Waals surface area contributed by atoms with Gasteiger partial charge in [-0.15, -0.1) is 11.3 Å². The minimum absolute atomic E-state index is 0.0312. The van der Waals surface area contributed by atoms with Crippen molar-refractivity contribution in [1.82, 2.24) is 10.6 Å². The van der Waals surface area contributed by atoms with Gasteiger partial charge in [-0.3, -0.25) is 9.59 Å². The molecular formula is C25H30ClN3O3S. The smallest absolute Gasteiger partial charge is 0.262 e. The quantitative estimate of drug-likeness (QED) is 0.563. The van der Waals surface area contributed by atoms with Gasteiger partial charge in [-0.1, -0.05) is 37.3 Å². The molecule has 2 aliphatic carbocycles. The van der Waals surface area contributed by atoms with Gasteiger partial charge >= 0.3 is 0 Å². The number of amides is 2. The molecule has 2 fully saturated rings. The molecule has 2 N–H and O–H groups in total. The highest BCUT2D eigenvalue weighted by Gasteiger charge is 2.31. The van der Waals surface area contributed by atoms with Crippen LogP contribution in [0.5, 0.6) is 5.75 Å². The van der Waals surface area contributed by atoms with Gasteiger partial charge in [-0.2, -0.15) is 0 Å². The van der Waals surface area contributed by atoms with Gasteiger partial charge in [-0.25, -0.2) is 0 Å². The molecule has 0 unspecified atom stereocenters. The van der Waals surface area contributed by atoms with E-state index in [-0.39, 0.29) is 11.8 Å². The number of nitrogens with zero attached hydrogens (tertiary/aromatic N) is 1. The zero-order chi connectivity index (χ0) is 22.8. The predicted molar refractivity (Wildman–Crippen MR) is 131 cm³/mol. The Balaban J connectivity index is 1.24. The third-order valence-corrected chi connectivity index (χ3v) is 8.01. The molecule has 3 aliphatic rings. The average Bonchev–Trinajstić information content (AvgIpc) is 3.25. The molecule has 8 heteroatoms. The van der Waals surface area contributed by atoms with Crippen molar-refractivity contribution >= 4 is 40.4 Å². The van der Waals surface area contributed by atoms with Crippen molar-refractivity contribution < 1.29 is 14.3 Å². The summed E-state index contributed by atoms with van der Waals surface area (Å²) in [7, 11) is 0. The molecule has 0 saturated heterocycles. The fourth-order valence-electron chi connectivity index (χ4n) is 4.75. The maximum atomic E-state index is 13.1. The van der Waals surface area contributed by atoms with Crippen LogP contribution in [-0.2, 0) is 11.3 Å². The lowest BCUT2D eigenvalue weighted by atomic mass is 9.97. The second kappa shape index (κ2) is 9.94. The van der Waals surface area contributed by atoms with Crippen molar-refractivity contribution in [3.63, 3.8) is 0 Å². The zero-order valence-electron chi connectivity index (χ0n) is 18.6. The van der Waals surface area contributed by atoms with E-state index < -0.39 is 6.04 Å². The van der Waals surface area contributed by atoms with E-state index >= 15 is 0 Å². The summed E-state index contributed by atoms with van der Waals surface area (Å²) in [5.74, 6) is 1.16. The summed E-state index contributed by atoms with van der Waals surface area (Å²) < 4.78 is 5.74. The SMILES string of the molecule is O=C(N[C@@H](CC1CCCC1)C(=O)NC1CC1)c1ccc(CN2CCOc3ccc(Cl)cc32)s1. The van der Waals surface area contributed by atoms with Gasteiger partial charge in [0.15, 0.2) is 0 Å². The summed E-state index contributed by atoms with van der Waals surface area (Å²) in [5, 5.41) is 6.79. The first-order valence-electron chi connectivity index (χ1n) is 11.9. The molecule has 0 bridgehead atoms. The summed E-state index contributed by atoms with van der Waals surface area (Å²) in [5.41, 5.74) is 0.974. The number of rotatable bonds is 8. The number of nitrogens with one attached hydrogen (secondary N) is 2. The van der Waals surface area contributed by atoms with E-state index in [1.807, 2.05) is 30.3 Å². The lowest BCUT2D eigenvalue weighted by molar-refractivity contribution is -0.123. The lowest BCUT2D eigenvalue weighted by Gasteiger charge is -2.31. The van der Waals surface area contributed by atoms with Gasteiger partial charge in [0, 0.05) is 15.9 Å². The number of hydrogen-bond acceptors (Lipinski definition) is 5. The number of anilines is 1. The molecule has 0 spiro atoms. The highest BCUT2D eigenvalue weighted by molar-refractivity contribution is 7.14. The van der Waals surface area contributed by atoms with Crippen LogP contribution in [0.25, 0.3) is 0 Å². The Bertz CT molecular complexity index is 1020. The molecule has 1 aromatic heterocycles. The van der Waals surface area contributed by atoms with Gasteiger partial charge < -0.3 is 20.3 Å². The number of carbonyl (C=O) groups excluding carboxylic acids is 2. The van der Waals surface area contributed by atoms with Crippen LogP contribution in [0.3, 0.4) is 0 Å². The molecule has 2 aromatic rings. The monoisotopic (exact) mass is 487 g/mol. The fraction of sp³-hybridized carbons (Fsp3) is 0.520. The third kappa shape index (κ3) is 5.64. The van der Waals surface area contributed by atoms with Crippen molar-refractivity contribution in [3.05, 3.63) is 45.1 Å². The molecule has 5 rings (SSSR count). The Morgan fingerprint density at radius 1 is 1.15 bits per heavy atom. The van der Waals surface area contributed by atoms with Crippen LogP contribution >= 0.6 is 22.9 Å². The van der Waals surface area contributed by atoms with E-state index in [1.165, 1.54) is 24.2 Å². The highest BCUT2D eigenvalue weighted by atomic mass is 35.5. The number of ether oxygens (including phenoxy) is 1. The van der Waals surface area contributed by atoms with E-state index in [4.69, 9.17) is 16.3 Å². The Labute approximate surface area is 203 Å². The van der Waals surface area contributed by atoms with Crippen LogP contribution in [0, 0.1) is 5.92 Å². The second-order valence-electron chi connectivity index (χ2n) is 9.34. The van der Waals surface area contributed by atoms with Crippen LogP contribution in [0.1, 0.15) is 59.5 Å². The van der Waals surface area contributed by atoms with Gasteiger partial charge in [0.25, 0.3) is 5.91 Å². The predicted octanol–water partition coefficient (Wildman–Crippen LogP) is 4.76. The fourth-order valence-corrected chi connectivity index (χ4v) is 5.85. The molecule has 176 valence electrons.